The summed E-state index contributed by atoms with van der Waals surface area (Å²) in [7, 11) is -2.96. The van der Waals surface area contributed by atoms with Gasteiger partial charge in [0.25, 0.3) is 0 Å². The zero-order valence-electron chi connectivity index (χ0n) is 14.7. The second-order valence-corrected chi connectivity index (χ2v) is 8.88. The Balaban J connectivity index is 1.83. The third-order valence-corrected chi connectivity index (χ3v) is 6.42. The van der Waals surface area contributed by atoms with Crippen molar-refractivity contribution in [1.29, 1.82) is 0 Å². The van der Waals surface area contributed by atoms with Crippen molar-refractivity contribution in [2.24, 2.45) is 0 Å². The highest BCUT2D eigenvalue weighted by atomic mass is 32.2. The molecule has 132 valence electrons. The van der Waals surface area contributed by atoms with E-state index in [2.05, 4.69) is 5.10 Å². The standard InChI is InChI=1S/C19H22N2O3S/c1-13-4-6-16(7-5-13)19(22)9-8-18-14(2)20-21(15(18)3)17-10-11-25(23,24)12-17/h4-9,17H,10-12H2,1-3H3/b9-8+/t17-/m1/s1. The van der Waals surface area contributed by atoms with Gasteiger partial charge < -0.3 is 0 Å². The molecule has 1 aromatic carbocycles. The van der Waals surface area contributed by atoms with E-state index in [9.17, 15) is 13.2 Å². The number of hydrogen-bond acceptors (Lipinski definition) is 4. The molecule has 1 aliphatic heterocycles. The first kappa shape index (κ1) is 17.6. The maximum atomic E-state index is 12.3. The van der Waals surface area contributed by atoms with Gasteiger partial charge in [-0.05, 0) is 39.3 Å². The Morgan fingerprint density at radius 1 is 1.20 bits per heavy atom. The summed E-state index contributed by atoms with van der Waals surface area (Å²) in [5, 5.41) is 4.51. The van der Waals surface area contributed by atoms with Crippen molar-refractivity contribution >= 4 is 21.7 Å². The predicted molar refractivity (Wildman–Crippen MR) is 98.6 cm³/mol. The number of benzene rings is 1. The van der Waals surface area contributed by atoms with E-state index in [1.165, 1.54) is 0 Å². The van der Waals surface area contributed by atoms with E-state index in [0.717, 1.165) is 22.5 Å². The molecular weight excluding hydrogens is 336 g/mol. The van der Waals surface area contributed by atoms with Crippen molar-refractivity contribution in [3.63, 3.8) is 0 Å². The minimum absolute atomic E-state index is 0.0602. The van der Waals surface area contributed by atoms with Gasteiger partial charge in [-0.25, -0.2) is 8.42 Å². The van der Waals surface area contributed by atoms with Gasteiger partial charge in [-0.2, -0.15) is 5.10 Å². The molecule has 1 aliphatic rings. The maximum Gasteiger partial charge on any atom is 0.185 e. The molecule has 2 aromatic rings. The van der Waals surface area contributed by atoms with E-state index in [0.29, 0.717) is 12.0 Å². The van der Waals surface area contributed by atoms with E-state index >= 15 is 0 Å². The zero-order chi connectivity index (χ0) is 18.2. The molecular formula is C19H22N2O3S. The molecule has 5 nitrogen and oxygen atoms in total. The third-order valence-electron chi connectivity index (χ3n) is 4.67. The van der Waals surface area contributed by atoms with Gasteiger partial charge in [-0.15, -0.1) is 0 Å². The number of hydrogen-bond donors (Lipinski definition) is 0. The Morgan fingerprint density at radius 2 is 1.88 bits per heavy atom. The first-order chi connectivity index (χ1) is 11.8. The molecule has 0 N–H and O–H groups in total. The smallest absolute Gasteiger partial charge is 0.185 e. The molecule has 25 heavy (non-hydrogen) atoms. The summed E-state index contributed by atoms with van der Waals surface area (Å²) in [5.41, 5.74) is 4.33. The Kier molecular flexibility index (Phi) is 4.64. The maximum absolute atomic E-state index is 12.3. The van der Waals surface area contributed by atoms with Crippen LogP contribution >= 0.6 is 0 Å². The molecule has 0 spiro atoms. The normalized spacial score (nSPS) is 19.6. The fourth-order valence-electron chi connectivity index (χ4n) is 3.21. The highest BCUT2D eigenvalue weighted by molar-refractivity contribution is 7.91. The molecule has 0 radical (unpaired) electrons. The Bertz CT molecular complexity index is 938. The van der Waals surface area contributed by atoms with Crippen LogP contribution in [0.15, 0.2) is 30.3 Å². The van der Waals surface area contributed by atoms with Crippen LogP contribution in [0, 0.1) is 20.8 Å². The van der Waals surface area contributed by atoms with E-state index in [4.69, 9.17) is 0 Å². The highest BCUT2D eigenvalue weighted by Gasteiger charge is 2.31. The monoisotopic (exact) mass is 358 g/mol. The third kappa shape index (κ3) is 3.74. The van der Waals surface area contributed by atoms with Crippen LogP contribution in [0.5, 0.6) is 0 Å². The number of carbonyl (C=O) groups excluding carboxylic acids is 1. The van der Waals surface area contributed by atoms with Crippen LogP contribution in [0.1, 0.15) is 45.3 Å². The predicted octanol–water partition coefficient (Wildman–Crippen LogP) is 3.06. The average molecular weight is 358 g/mol. The molecule has 1 fully saturated rings. The van der Waals surface area contributed by atoms with E-state index in [1.807, 2.05) is 45.0 Å². The quantitative estimate of drug-likeness (QED) is 0.622. The minimum atomic E-state index is -2.96. The molecule has 0 saturated carbocycles. The number of ketones is 1. The van der Waals surface area contributed by atoms with Crippen molar-refractivity contribution in [2.45, 2.75) is 33.2 Å². The topological polar surface area (TPSA) is 69.0 Å². The van der Waals surface area contributed by atoms with Gasteiger partial charge in [-0.1, -0.05) is 29.8 Å². The lowest BCUT2D eigenvalue weighted by molar-refractivity contribution is 0.104. The fraction of sp³-hybridized carbons (Fsp3) is 0.368. The second kappa shape index (κ2) is 6.59. The summed E-state index contributed by atoms with van der Waals surface area (Å²) in [4.78, 5) is 12.3. The summed E-state index contributed by atoms with van der Waals surface area (Å²) in [5.74, 6) is 0.294. The SMILES string of the molecule is Cc1ccc(C(=O)/C=C/c2c(C)nn([C@@H]3CCS(=O)(=O)C3)c2C)cc1. The number of aryl methyl sites for hydroxylation is 2. The lowest BCUT2D eigenvalue weighted by Gasteiger charge is -2.10. The van der Waals surface area contributed by atoms with E-state index in [1.54, 1.807) is 16.8 Å². The van der Waals surface area contributed by atoms with Crippen molar-refractivity contribution < 1.29 is 13.2 Å². The van der Waals surface area contributed by atoms with Crippen LogP contribution in [-0.4, -0.2) is 35.5 Å². The Morgan fingerprint density at radius 3 is 2.48 bits per heavy atom. The number of allylic oxidation sites excluding steroid dienone is 1. The number of sulfone groups is 1. The molecule has 0 amide bonds. The molecule has 1 aromatic heterocycles. The van der Waals surface area contributed by atoms with Crippen molar-refractivity contribution in [2.75, 3.05) is 11.5 Å². The van der Waals surface area contributed by atoms with Crippen LogP contribution in [-0.2, 0) is 9.84 Å². The van der Waals surface area contributed by atoms with E-state index < -0.39 is 9.84 Å². The molecule has 0 unspecified atom stereocenters. The van der Waals surface area contributed by atoms with Gasteiger partial charge in [0.15, 0.2) is 15.6 Å². The first-order valence-corrected chi connectivity index (χ1v) is 10.1. The number of rotatable bonds is 4. The summed E-state index contributed by atoms with van der Waals surface area (Å²) in [6.07, 6.45) is 3.92. The highest BCUT2D eigenvalue weighted by Crippen LogP contribution is 2.27. The second-order valence-electron chi connectivity index (χ2n) is 6.65. The fourth-order valence-corrected chi connectivity index (χ4v) is 4.91. The minimum Gasteiger partial charge on any atom is -0.289 e. The largest absolute Gasteiger partial charge is 0.289 e. The lowest BCUT2D eigenvalue weighted by atomic mass is 10.1. The summed E-state index contributed by atoms with van der Waals surface area (Å²) < 4.78 is 25.2. The summed E-state index contributed by atoms with van der Waals surface area (Å²) in [6, 6.07) is 7.34. The van der Waals surface area contributed by atoms with Crippen molar-refractivity contribution in [3.05, 3.63) is 58.4 Å². The van der Waals surface area contributed by atoms with Gasteiger partial charge in [0.1, 0.15) is 0 Å². The van der Waals surface area contributed by atoms with Gasteiger partial charge in [0, 0.05) is 16.8 Å². The summed E-state index contributed by atoms with van der Waals surface area (Å²) >= 11 is 0. The molecule has 6 heteroatoms. The van der Waals surface area contributed by atoms with Gasteiger partial charge in [0.05, 0.1) is 23.2 Å². The molecule has 2 heterocycles. The zero-order valence-corrected chi connectivity index (χ0v) is 15.5. The van der Waals surface area contributed by atoms with Gasteiger partial charge in [0.2, 0.25) is 0 Å². The Labute approximate surface area is 148 Å². The van der Waals surface area contributed by atoms with E-state index in [-0.39, 0.29) is 23.3 Å². The van der Waals surface area contributed by atoms with Crippen LogP contribution in [0.25, 0.3) is 6.08 Å². The molecule has 0 bridgehead atoms. The van der Waals surface area contributed by atoms with Crippen LogP contribution in [0.2, 0.25) is 0 Å². The molecule has 0 aliphatic carbocycles. The van der Waals surface area contributed by atoms with Crippen LogP contribution in [0.3, 0.4) is 0 Å². The number of carbonyl (C=O) groups is 1. The lowest BCUT2D eigenvalue weighted by Crippen LogP contribution is -2.13. The number of nitrogens with zero attached hydrogens (tertiary/aromatic N) is 2. The average Bonchev–Trinajstić information content (AvgIpc) is 3.05. The molecule has 3 rings (SSSR count). The van der Waals surface area contributed by atoms with Gasteiger partial charge >= 0.3 is 0 Å². The van der Waals surface area contributed by atoms with Crippen molar-refractivity contribution in [3.8, 4) is 0 Å². The van der Waals surface area contributed by atoms with Crippen molar-refractivity contribution in [1.82, 2.24) is 9.78 Å². The number of aromatic nitrogens is 2. The van der Waals surface area contributed by atoms with Crippen LogP contribution < -0.4 is 0 Å². The summed E-state index contributed by atoms with van der Waals surface area (Å²) in [6.45, 7) is 5.78. The molecule has 1 saturated heterocycles. The first-order valence-electron chi connectivity index (χ1n) is 8.32. The molecule has 1 atom stereocenters. The Hall–Kier alpha value is -2.21. The van der Waals surface area contributed by atoms with Crippen LogP contribution in [0.4, 0.5) is 0 Å². The van der Waals surface area contributed by atoms with Gasteiger partial charge in [-0.3, -0.25) is 9.48 Å².